The summed E-state index contributed by atoms with van der Waals surface area (Å²) in [4.78, 5) is 4.82. The molecule has 5 heteroatoms. The first-order valence-electron chi connectivity index (χ1n) is 7.95. The van der Waals surface area contributed by atoms with E-state index < -0.39 is 0 Å². The maximum absolute atomic E-state index is 9.95. The first-order valence-corrected chi connectivity index (χ1v) is 7.95. The van der Waals surface area contributed by atoms with Gasteiger partial charge in [0.2, 0.25) is 0 Å². The van der Waals surface area contributed by atoms with Gasteiger partial charge in [-0.1, -0.05) is 6.92 Å². The smallest absolute Gasteiger partial charge is 0.127 e. The molecule has 1 fully saturated rings. The minimum absolute atomic E-state index is 0.0395. The molecule has 0 saturated carbocycles. The van der Waals surface area contributed by atoms with Crippen LogP contribution in [-0.4, -0.2) is 68.0 Å². The second kappa shape index (κ2) is 7.81. The van der Waals surface area contributed by atoms with Gasteiger partial charge in [0.25, 0.3) is 0 Å². The zero-order valence-electron chi connectivity index (χ0n) is 14.1. The molecule has 0 radical (unpaired) electrons. The molecule has 0 amide bonds. The lowest BCUT2D eigenvalue weighted by molar-refractivity contribution is 0.0359. The number of methoxy groups -OCH3 is 2. The first kappa shape index (κ1) is 17.1. The lowest BCUT2D eigenvalue weighted by atomic mass is 10.0. The summed E-state index contributed by atoms with van der Waals surface area (Å²) in [5, 5.41) is 9.95. The Bertz CT molecular complexity index is 481. The van der Waals surface area contributed by atoms with Gasteiger partial charge >= 0.3 is 0 Å². The van der Waals surface area contributed by atoms with Crippen LogP contribution in [0, 0.1) is 0 Å². The third-order valence-electron chi connectivity index (χ3n) is 4.62. The van der Waals surface area contributed by atoms with Crippen LogP contribution < -0.4 is 9.47 Å². The average molecular weight is 308 g/mol. The lowest BCUT2D eigenvalue weighted by Gasteiger charge is -2.42. The Morgan fingerprint density at radius 1 is 1.27 bits per heavy atom. The van der Waals surface area contributed by atoms with Crippen LogP contribution in [0.5, 0.6) is 11.5 Å². The van der Waals surface area contributed by atoms with E-state index >= 15 is 0 Å². The maximum atomic E-state index is 9.95. The molecule has 1 N–H and O–H groups in total. The monoisotopic (exact) mass is 308 g/mol. The van der Waals surface area contributed by atoms with Crippen LogP contribution in [0.2, 0.25) is 0 Å². The number of aliphatic hydroxyl groups is 1. The number of hydrogen-bond acceptors (Lipinski definition) is 5. The topological polar surface area (TPSA) is 45.2 Å². The molecule has 1 saturated heterocycles. The number of aliphatic hydroxyl groups excluding tert-OH is 1. The van der Waals surface area contributed by atoms with Crippen LogP contribution in [-0.2, 0) is 0 Å². The van der Waals surface area contributed by atoms with E-state index in [0.717, 1.165) is 43.2 Å². The molecule has 1 aromatic rings. The number of hydrogen-bond donors (Lipinski definition) is 1. The van der Waals surface area contributed by atoms with Gasteiger partial charge in [-0.3, -0.25) is 9.80 Å². The van der Waals surface area contributed by atoms with Crippen molar-refractivity contribution in [3.05, 3.63) is 23.8 Å². The summed E-state index contributed by atoms with van der Waals surface area (Å²) < 4.78 is 10.8. The van der Waals surface area contributed by atoms with E-state index in [-0.39, 0.29) is 12.6 Å². The Morgan fingerprint density at radius 3 is 2.59 bits per heavy atom. The van der Waals surface area contributed by atoms with Crippen molar-refractivity contribution in [3.8, 4) is 11.5 Å². The summed E-state index contributed by atoms with van der Waals surface area (Å²) in [6.07, 6.45) is 0. The molecule has 1 aromatic carbocycles. The molecule has 124 valence electrons. The van der Waals surface area contributed by atoms with Crippen molar-refractivity contribution in [2.75, 3.05) is 47.0 Å². The first-order chi connectivity index (χ1) is 10.6. The van der Waals surface area contributed by atoms with Crippen LogP contribution in [0.25, 0.3) is 0 Å². The van der Waals surface area contributed by atoms with Crippen molar-refractivity contribution < 1.29 is 14.6 Å². The van der Waals surface area contributed by atoms with E-state index in [1.54, 1.807) is 14.2 Å². The molecule has 1 aliphatic rings. The van der Waals surface area contributed by atoms with Gasteiger partial charge in [-0.05, 0) is 25.6 Å². The standard InChI is InChI=1S/C17H28N2O3/c1-5-18-8-9-19(11-13(18)2)16(12-20)15-7-6-14(21-3)10-17(15)22-4/h6-7,10,13,16,20H,5,8-9,11-12H2,1-4H3. The number of likely N-dealkylation sites (N-methyl/N-ethyl adjacent to an activating group) is 1. The predicted octanol–water partition coefficient (Wildman–Crippen LogP) is 1.76. The second-order valence-corrected chi connectivity index (χ2v) is 5.78. The molecule has 0 spiro atoms. The van der Waals surface area contributed by atoms with E-state index in [9.17, 15) is 5.11 Å². The van der Waals surface area contributed by atoms with Gasteiger partial charge < -0.3 is 14.6 Å². The zero-order chi connectivity index (χ0) is 16.1. The van der Waals surface area contributed by atoms with Crippen LogP contribution in [0.15, 0.2) is 18.2 Å². The molecule has 0 bridgehead atoms. The predicted molar refractivity (Wildman–Crippen MR) is 87.7 cm³/mol. The lowest BCUT2D eigenvalue weighted by Crippen LogP contribution is -2.53. The van der Waals surface area contributed by atoms with E-state index in [1.807, 2.05) is 18.2 Å². The largest absolute Gasteiger partial charge is 0.497 e. The Kier molecular flexibility index (Phi) is 6.06. The molecule has 0 aliphatic carbocycles. The fourth-order valence-corrected chi connectivity index (χ4v) is 3.28. The van der Waals surface area contributed by atoms with Gasteiger partial charge in [0, 0.05) is 37.3 Å². The molecular formula is C17H28N2O3. The number of piperazine rings is 1. The number of rotatable bonds is 6. The summed E-state index contributed by atoms with van der Waals surface area (Å²) >= 11 is 0. The molecule has 1 aliphatic heterocycles. The highest BCUT2D eigenvalue weighted by Gasteiger charge is 2.29. The Labute approximate surface area is 133 Å². The minimum atomic E-state index is -0.0395. The normalized spacial score (nSPS) is 21.6. The Hall–Kier alpha value is -1.30. The van der Waals surface area contributed by atoms with Crippen molar-refractivity contribution in [2.24, 2.45) is 0 Å². The van der Waals surface area contributed by atoms with E-state index in [0.29, 0.717) is 6.04 Å². The van der Waals surface area contributed by atoms with Crippen molar-refractivity contribution in [1.82, 2.24) is 9.80 Å². The SMILES string of the molecule is CCN1CCN(C(CO)c2ccc(OC)cc2OC)CC1C. The van der Waals surface area contributed by atoms with Crippen LogP contribution in [0.1, 0.15) is 25.5 Å². The molecule has 0 aromatic heterocycles. The number of nitrogens with zero attached hydrogens (tertiary/aromatic N) is 2. The number of benzene rings is 1. The molecular weight excluding hydrogens is 280 g/mol. The van der Waals surface area contributed by atoms with Gasteiger partial charge in [-0.25, -0.2) is 0 Å². The van der Waals surface area contributed by atoms with Gasteiger partial charge in [0.15, 0.2) is 0 Å². The molecule has 1 heterocycles. The second-order valence-electron chi connectivity index (χ2n) is 5.78. The summed E-state index contributed by atoms with van der Waals surface area (Å²) in [7, 11) is 3.30. The molecule has 5 nitrogen and oxygen atoms in total. The molecule has 2 unspecified atom stereocenters. The average Bonchev–Trinajstić information content (AvgIpc) is 2.56. The van der Waals surface area contributed by atoms with Crippen molar-refractivity contribution in [3.63, 3.8) is 0 Å². The van der Waals surface area contributed by atoms with Crippen LogP contribution in [0.4, 0.5) is 0 Å². The van der Waals surface area contributed by atoms with Gasteiger partial charge in [-0.2, -0.15) is 0 Å². The van der Waals surface area contributed by atoms with Crippen molar-refractivity contribution in [2.45, 2.75) is 25.9 Å². The molecule has 2 rings (SSSR count). The third kappa shape index (κ3) is 3.54. The van der Waals surface area contributed by atoms with Crippen molar-refractivity contribution in [1.29, 1.82) is 0 Å². The fraction of sp³-hybridized carbons (Fsp3) is 0.647. The highest BCUT2D eigenvalue weighted by Crippen LogP contribution is 2.33. The fourth-order valence-electron chi connectivity index (χ4n) is 3.28. The van der Waals surface area contributed by atoms with Crippen LogP contribution in [0.3, 0.4) is 0 Å². The third-order valence-corrected chi connectivity index (χ3v) is 4.62. The van der Waals surface area contributed by atoms with Gasteiger partial charge in [0.1, 0.15) is 11.5 Å². The summed E-state index contributed by atoms with van der Waals surface area (Å²) in [5.74, 6) is 1.53. The minimum Gasteiger partial charge on any atom is -0.497 e. The quantitative estimate of drug-likeness (QED) is 0.868. The van der Waals surface area contributed by atoms with E-state index in [1.165, 1.54) is 0 Å². The highest BCUT2D eigenvalue weighted by atomic mass is 16.5. The van der Waals surface area contributed by atoms with Gasteiger partial charge in [-0.15, -0.1) is 0 Å². The van der Waals surface area contributed by atoms with E-state index in [2.05, 4.69) is 23.6 Å². The Balaban J connectivity index is 2.21. The van der Waals surface area contributed by atoms with E-state index in [4.69, 9.17) is 9.47 Å². The molecule has 2 atom stereocenters. The highest BCUT2D eigenvalue weighted by molar-refractivity contribution is 5.42. The summed E-state index contributed by atoms with van der Waals surface area (Å²) in [6.45, 7) is 8.54. The zero-order valence-corrected chi connectivity index (χ0v) is 14.1. The maximum Gasteiger partial charge on any atom is 0.127 e. The number of ether oxygens (including phenoxy) is 2. The molecule has 22 heavy (non-hydrogen) atoms. The summed E-state index contributed by atoms with van der Waals surface area (Å²) in [6, 6.07) is 6.25. The Morgan fingerprint density at radius 2 is 2.05 bits per heavy atom. The van der Waals surface area contributed by atoms with Crippen molar-refractivity contribution >= 4 is 0 Å². The summed E-state index contributed by atoms with van der Waals surface area (Å²) in [5.41, 5.74) is 1.02. The van der Waals surface area contributed by atoms with Gasteiger partial charge in [0.05, 0.1) is 26.9 Å². The van der Waals surface area contributed by atoms with Crippen LogP contribution >= 0.6 is 0 Å².